The number of hydrogen-bond acceptors (Lipinski definition) is 4. The first kappa shape index (κ1) is 17.7. The molecule has 0 fully saturated rings. The van der Waals surface area contributed by atoms with Gasteiger partial charge >= 0.3 is 5.97 Å². The molecule has 27 heavy (non-hydrogen) atoms. The van der Waals surface area contributed by atoms with E-state index >= 15 is 0 Å². The second-order valence-electron chi connectivity index (χ2n) is 5.92. The number of imidazole rings is 1. The van der Waals surface area contributed by atoms with Crippen LogP contribution in [0.1, 0.15) is 6.92 Å². The van der Waals surface area contributed by atoms with Crippen molar-refractivity contribution in [3.8, 4) is 28.4 Å². The van der Waals surface area contributed by atoms with Crippen molar-refractivity contribution < 1.29 is 9.53 Å². The first-order chi connectivity index (χ1) is 13.0. The second-order valence-corrected chi connectivity index (χ2v) is 7.24. The van der Waals surface area contributed by atoms with E-state index in [1.165, 1.54) is 13.1 Å². The molecule has 2 aromatic heterocycles. The number of halogens is 2. The van der Waals surface area contributed by atoms with Gasteiger partial charge in [-0.3, -0.25) is 9.78 Å². The molecule has 4 rings (SSSR count). The lowest BCUT2D eigenvalue weighted by Gasteiger charge is -2.07. The fourth-order valence-corrected chi connectivity index (χ4v) is 3.39. The molecule has 2 heterocycles. The highest BCUT2D eigenvalue weighted by molar-refractivity contribution is 9.10. The minimum atomic E-state index is -0.414. The average molecular weight is 443 g/mol. The molecule has 0 spiro atoms. The quantitative estimate of drug-likeness (QED) is 0.417. The topological polar surface area (TPSA) is 67.9 Å². The lowest BCUT2D eigenvalue weighted by molar-refractivity contribution is -0.131. The van der Waals surface area contributed by atoms with E-state index in [0.29, 0.717) is 16.5 Å². The third-order valence-corrected chi connectivity index (χ3v) is 4.73. The van der Waals surface area contributed by atoms with Crippen LogP contribution in [0.5, 0.6) is 5.75 Å². The van der Waals surface area contributed by atoms with E-state index in [2.05, 4.69) is 30.9 Å². The maximum atomic E-state index is 11.0. The Morgan fingerprint density at radius 2 is 1.85 bits per heavy atom. The summed E-state index contributed by atoms with van der Waals surface area (Å²) in [6, 6.07) is 15.3. The largest absolute Gasteiger partial charge is 0.425 e. The van der Waals surface area contributed by atoms with Crippen molar-refractivity contribution in [2.75, 3.05) is 0 Å². The molecular weight excluding hydrogens is 430 g/mol. The number of benzene rings is 2. The molecule has 0 unspecified atom stereocenters. The van der Waals surface area contributed by atoms with Crippen LogP contribution in [0.3, 0.4) is 0 Å². The summed E-state index contributed by atoms with van der Waals surface area (Å²) in [5.74, 6) is 0.697. The maximum Gasteiger partial charge on any atom is 0.308 e. The number of ether oxygens (including phenoxy) is 1. The number of nitrogens with one attached hydrogen (secondary N) is 1. The number of H-pyrrole nitrogens is 1. The van der Waals surface area contributed by atoms with Crippen LogP contribution >= 0.6 is 27.5 Å². The highest BCUT2D eigenvalue weighted by Gasteiger charge is 2.10. The van der Waals surface area contributed by atoms with Crippen molar-refractivity contribution in [2.45, 2.75) is 6.92 Å². The summed E-state index contributed by atoms with van der Waals surface area (Å²) in [7, 11) is 0. The molecule has 0 aliphatic carbocycles. The predicted molar refractivity (Wildman–Crippen MR) is 109 cm³/mol. The Morgan fingerprint density at radius 1 is 1.11 bits per heavy atom. The molecule has 5 nitrogen and oxygen atoms in total. The first-order valence-corrected chi connectivity index (χ1v) is 9.27. The van der Waals surface area contributed by atoms with Crippen LogP contribution in [0.25, 0.3) is 33.7 Å². The number of pyridine rings is 1. The van der Waals surface area contributed by atoms with Gasteiger partial charge in [-0.15, -0.1) is 0 Å². The number of rotatable bonds is 3. The number of carbonyl (C=O) groups excluding carboxylic acids is 1. The van der Waals surface area contributed by atoms with Crippen LogP contribution < -0.4 is 4.74 Å². The molecule has 4 aromatic rings. The Balaban J connectivity index is 1.64. The minimum absolute atomic E-state index is 0.321. The number of aromatic nitrogens is 3. The maximum absolute atomic E-state index is 11.0. The van der Waals surface area contributed by atoms with E-state index in [4.69, 9.17) is 16.3 Å². The Bertz CT molecular complexity index is 1160. The molecule has 7 heteroatoms. The van der Waals surface area contributed by atoms with Gasteiger partial charge in [0.05, 0.1) is 27.9 Å². The Morgan fingerprint density at radius 3 is 2.56 bits per heavy atom. The monoisotopic (exact) mass is 441 g/mol. The summed E-state index contributed by atoms with van der Waals surface area (Å²) in [4.78, 5) is 23.3. The van der Waals surface area contributed by atoms with Crippen molar-refractivity contribution in [3.63, 3.8) is 0 Å². The van der Waals surface area contributed by atoms with Crippen LogP contribution in [0.15, 0.2) is 59.2 Å². The molecule has 0 radical (unpaired) electrons. The zero-order valence-electron chi connectivity index (χ0n) is 14.2. The molecule has 0 saturated heterocycles. The zero-order valence-corrected chi connectivity index (χ0v) is 16.5. The summed E-state index contributed by atoms with van der Waals surface area (Å²) < 4.78 is 6.00. The fourth-order valence-electron chi connectivity index (χ4n) is 2.76. The lowest BCUT2D eigenvalue weighted by atomic mass is 10.1. The number of hydrogen-bond donors (Lipinski definition) is 1. The predicted octanol–water partition coefficient (Wildman–Crippen LogP) is 5.63. The Kier molecular flexibility index (Phi) is 4.68. The summed E-state index contributed by atoms with van der Waals surface area (Å²) in [6.45, 7) is 1.33. The highest BCUT2D eigenvalue weighted by Crippen LogP contribution is 2.30. The molecule has 0 atom stereocenters. The third-order valence-electron chi connectivity index (χ3n) is 3.95. The summed E-state index contributed by atoms with van der Waals surface area (Å²) in [5.41, 5.74) is 4.31. The highest BCUT2D eigenvalue weighted by atomic mass is 79.9. The number of aromatic amines is 1. The van der Waals surface area contributed by atoms with Crippen LogP contribution in [0.4, 0.5) is 0 Å². The van der Waals surface area contributed by atoms with Gasteiger partial charge in [-0.05, 0) is 18.2 Å². The van der Waals surface area contributed by atoms with Gasteiger partial charge in [0.2, 0.25) is 0 Å². The van der Waals surface area contributed by atoms with Gasteiger partial charge in [-0.25, -0.2) is 4.98 Å². The summed E-state index contributed by atoms with van der Waals surface area (Å²) in [5, 5.41) is 0.412. The van der Waals surface area contributed by atoms with E-state index in [1.54, 1.807) is 6.07 Å². The Labute approximate surface area is 168 Å². The number of fused-ring (bicyclic) bond motifs is 1. The molecule has 0 aliphatic rings. The van der Waals surface area contributed by atoms with E-state index in [9.17, 15) is 4.79 Å². The Hall–Kier alpha value is -2.70. The van der Waals surface area contributed by atoms with Crippen molar-refractivity contribution in [1.29, 1.82) is 0 Å². The van der Waals surface area contributed by atoms with Gasteiger partial charge in [-0.2, -0.15) is 0 Å². The molecule has 0 amide bonds. The second kappa shape index (κ2) is 7.13. The first-order valence-electron chi connectivity index (χ1n) is 8.09. The normalized spacial score (nSPS) is 10.9. The van der Waals surface area contributed by atoms with Crippen LogP contribution in [0.2, 0.25) is 5.02 Å². The van der Waals surface area contributed by atoms with Crippen molar-refractivity contribution >= 4 is 44.5 Å². The molecule has 134 valence electrons. The summed E-state index contributed by atoms with van der Waals surface area (Å²) in [6.07, 6.45) is 1.48. The molecule has 0 saturated carbocycles. The average Bonchev–Trinajstić information content (AvgIpc) is 3.04. The fraction of sp³-hybridized carbons (Fsp3) is 0.0500. The van der Waals surface area contributed by atoms with E-state index in [0.717, 1.165) is 32.5 Å². The number of nitrogens with zero attached hydrogens (tertiary/aromatic N) is 2. The van der Waals surface area contributed by atoms with Gasteiger partial charge in [0.1, 0.15) is 5.82 Å². The van der Waals surface area contributed by atoms with Crippen molar-refractivity contribution in [1.82, 2.24) is 15.0 Å². The van der Waals surface area contributed by atoms with E-state index < -0.39 is 5.97 Å². The molecule has 0 aliphatic heterocycles. The summed E-state index contributed by atoms with van der Waals surface area (Å²) >= 11 is 9.76. The molecular formula is C20H13BrClN3O2. The van der Waals surface area contributed by atoms with Gasteiger partial charge in [0.25, 0.3) is 0 Å². The lowest BCUT2D eigenvalue weighted by Crippen LogP contribution is -2.01. The van der Waals surface area contributed by atoms with E-state index in [-0.39, 0.29) is 0 Å². The zero-order chi connectivity index (χ0) is 19.0. The van der Waals surface area contributed by atoms with Crippen LogP contribution in [0, 0.1) is 0 Å². The number of carbonyl (C=O) groups is 1. The third kappa shape index (κ3) is 3.72. The van der Waals surface area contributed by atoms with Gasteiger partial charge in [0, 0.05) is 28.6 Å². The van der Waals surface area contributed by atoms with Crippen LogP contribution in [-0.2, 0) is 4.79 Å². The van der Waals surface area contributed by atoms with Crippen molar-refractivity contribution in [2.24, 2.45) is 0 Å². The van der Waals surface area contributed by atoms with Crippen molar-refractivity contribution in [3.05, 3.63) is 64.2 Å². The SMILES string of the molecule is CC(=O)Oc1cnc(-c2ccc(-c3nc4ccc(Br)cc4[nH]3)cc2)c(Cl)c1. The molecule has 2 aromatic carbocycles. The van der Waals surface area contributed by atoms with Crippen LogP contribution in [-0.4, -0.2) is 20.9 Å². The minimum Gasteiger partial charge on any atom is -0.425 e. The standard InChI is InChI=1S/C20H13BrClN3O2/c1-11(26)27-15-9-16(22)19(23-10-15)12-2-4-13(5-3-12)20-24-17-7-6-14(21)8-18(17)25-20/h2-10H,1H3,(H,24,25). The molecule has 0 bridgehead atoms. The number of esters is 1. The van der Waals surface area contributed by atoms with E-state index in [1.807, 2.05) is 42.5 Å². The smallest absolute Gasteiger partial charge is 0.308 e. The van der Waals surface area contributed by atoms with Gasteiger partial charge in [0.15, 0.2) is 5.75 Å². The molecule has 1 N–H and O–H groups in total. The van der Waals surface area contributed by atoms with Gasteiger partial charge < -0.3 is 9.72 Å². The van der Waals surface area contributed by atoms with Gasteiger partial charge in [-0.1, -0.05) is 51.8 Å².